The highest BCUT2D eigenvalue weighted by molar-refractivity contribution is 14.1. The summed E-state index contributed by atoms with van der Waals surface area (Å²) in [4.78, 5) is 12.3. The van der Waals surface area contributed by atoms with Gasteiger partial charge in [0.05, 0.1) is 10.8 Å². The van der Waals surface area contributed by atoms with Crippen LogP contribution in [-0.4, -0.2) is 26.4 Å². The number of benzene rings is 2. The summed E-state index contributed by atoms with van der Waals surface area (Å²) in [7, 11) is 0. The van der Waals surface area contributed by atoms with Crippen molar-refractivity contribution in [2.24, 2.45) is 0 Å². The van der Waals surface area contributed by atoms with E-state index in [2.05, 4.69) is 38.1 Å². The molecule has 29 heavy (non-hydrogen) atoms. The van der Waals surface area contributed by atoms with Gasteiger partial charge >= 0.3 is 0 Å². The van der Waals surface area contributed by atoms with Gasteiger partial charge in [0.1, 0.15) is 5.75 Å². The SMILES string of the molecule is CCn1c(SCC(=O)Nc2ccc(I)cc2)nnc1[C@@H](C)Oc1ccccc1Cl. The molecule has 1 atom stereocenters. The normalized spacial score (nSPS) is 11.9. The predicted molar refractivity (Wildman–Crippen MR) is 125 cm³/mol. The molecular weight excluding hydrogens is 523 g/mol. The van der Waals surface area contributed by atoms with E-state index in [1.807, 2.05) is 60.9 Å². The molecule has 0 bridgehead atoms. The van der Waals surface area contributed by atoms with Gasteiger partial charge in [-0.3, -0.25) is 4.79 Å². The molecule has 1 aromatic heterocycles. The second kappa shape index (κ2) is 10.3. The van der Waals surface area contributed by atoms with Crippen LogP contribution < -0.4 is 10.1 Å². The Morgan fingerprint density at radius 2 is 1.97 bits per heavy atom. The van der Waals surface area contributed by atoms with Crippen LogP contribution in [0.25, 0.3) is 0 Å². The average molecular weight is 543 g/mol. The molecule has 152 valence electrons. The van der Waals surface area contributed by atoms with Gasteiger partial charge in [-0.15, -0.1) is 10.2 Å². The number of hydrogen-bond donors (Lipinski definition) is 1. The minimum absolute atomic E-state index is 0.0937. The maximum absolute atomic E-state index is 12.3. The maximum atomic E-state index is 12.3. The minimum atomic E-state index is -0.336. The van der Waals surface area contributed by atoms with Crippen LogP contribution in [0.1, 0.15) is 25.8 Å². The highest BCUT2D eigenvalue weighted by Gasteiger charge is 2.20. The van der Waals surface area contributed by atoms with E-state index in [0.717, 1.165) is 9.26 Å². The molecule has 0 radical (unpaired) electrons. The summed E-state index contributed by atoms with van der Waals surface area (Å²) >= 11 is 9.75. The lowest BCUT2D eigenvalue weighted by molar-refractivity contribution is -0.113. The Kier molecular flexibility index (Phi) is 7.79. The Labute approximate surface area is 192 Å². The Morgan fingerprint density at radius 1 is 1.24 bits per heavy atom. The zero-order chi connectivity index (χ0) is 20.8. The van der Waals surface area contributed by atoms with Crippen molar-refractivity contribution in [3.8, 4) is 5.75 Å². The third-order valence-corrected chi connectivity index (χ3v) is 6.02. The number of amides is 1. The van der Waals surface area contributed by atoms with Crippen molar-refractivity contribution in [3.05, 3.63) is 62.9 Å². The zero-order valence-corrected chi connectivity index (χ0v) is 19.7. The molecule has 1 N–H and O–H groups in total. The molecule has 0 saturated carbocycles. The number of nitrogens with one attached hydrogen (secondary N) is 1. The van der Waals surface area contributed by atoms with Gasteiger partial charge in [-0.1, -0.05) is 35.5 Å². The summed E-state index contributed by atoms with van der Waals surface area (Å²) in [6.07, 6.45) is -0.336. The largest absolute Gasteiger partial charge is 0.481 e. The summed E-state index contributed by atoms with van der Waals surface area (Å²) in [5.74, 6) is 1.43. The first kappa shape index (κ1) is 21.9. The number of carbonyl (C=O) groups is 1. The second-order valence-electron chi connectivity index (χ2n) is 6.12. The second-order valence-corrected chi connectivity index (χ2v) is 8.71. The van der Waals surface area contributed by atoms with Crippen LogP contribution in [0.3, 0.4) is 0 Å². The standard InChI is InChI=1S/C20H20ClIN4O2S/c1-3-26-19(13(2)28-17-7-5-4-6-16(17)21)24-25-20(26)29-12-18(27)23-15-10-8-14(22)9-11-15/h4-11,13H,3,12H2,1-2H3,(H,23,27)/t13-/m1/s1. The number of rotatable bonds is 8. The third kappa shape index (κ3) is 5.86. The Hall–Kier alpha value is -1.78. The zero-order valence-electron chi connectivity index (χ0n) is 15.9. The molecule has 0 aliphatic heterocycles. The van der Waals surface area contributed by atoms with E-state index in [-0.39, 0.29) is 17.8 Å². The van der Waals surface area contributed by atoms with Crippen molar-refractivity contribution in [1.29, 1.82) is 0 Å². The van der Waals surface area contributed by atoms with Gasteiger partial charge < -0.3 is 14.6 Å². The van der Waals surface area contributed by atoms with Crippen LogP contribution in [-0.2, 0) is 11.3 Å². The lowest BCUT2D eigenvalue weighted by atomic mass is 10.3. The van der Waals surface area contributed by atoms with Crippen molar-refractivity contribution in [3.63, 3.8) is 0 Å². The summed E-state index contributed by atoms with van der Waals surface area (Å²) in [6.45, 7) is 4.57. The maximum Gasteiger partial charge on any atom is 0.234 e. The monoisotopic (exact) mass is 542 g/mol. The number of thioether (sulfide) groups is 1. The molecular formula is C20H20ClIN4O2S. The number of anilines is 1. The van der Waals surface area contributed by atoms with E-state index in [9.17, 15) is 4.79 Å². The van der Waals surface area contributed by atoms with E-state index in [4.69, 9.17) is 16.3 Å². The lowest BCUT2D eigenvalue weighted by Crippen LogP contribution is -2.15. The van der Waals surface area contributed by atoms with Crippen LogP contribution in [0.4, 0.5) is 5.69 Å². The third-order valence-electron chi connectivity index (χ3n) is 4.03. The minimum Gasteiger partial charge on any atom is -0.481 e. The summed E-state index contributed by atoms with van der Waals surface area (Å²) in [5.41, 5.74) is 0.774. The molecule has 1 amide bonds. The first-order chi connectivity index (χ1) is 14.0. The molecule has 0 aliphatic rings. The van der Waals surface area contributed by atoms with Crippen molar-refractivity contribution < 1.29 is 9.53 Å². The van der Waals surface area contributed by atoms with Gasteiger partial charge in [-0.05, 0) is 72.8 Å². The topological polar surface area (TPSA) is 69.0 Å². The van der Waals surface area contributed by atoms with Gasteiger partial charge in [0.2, 0.25) is 5.91 Å². The van der Waals surface area contributed by atoms with Gasteiger partial charge in [-0.2, -0.15) is 0 Å². The lowest BCUT2D eigenvalue weighted by Gasteiger charge is -2.16. The van der Waals surface area contributed by atoms with Crippen LogP contribution >= 0.6 is 46.0 Å². The van der Waals surface area contributed by atoms with E-state index in [1.165, 1.54) is 11.8 Å². The number of nitrogens with zero attached hydrogens (tertiary/aromatic N) is 3. The molecule has 9 heteroatoms. The molecule has 3 aromatic rings. The average Bonchev–Trinajstić information content (AvgIpc) is 3.13. The van der Waals surface area contributed by atoms with E-state index in [1.54, 1.807) is 6.07 Å². The van der Waals surface area contributed by atoms with Crippen molar-refractivity contribution in [2.45, 2.75) is 31.7 Å². The molecule has 1 heterocycles. The van der Waals surface area contributed by atoms with E-state index < -0.39 is 0 Å². The van der Waals surface area contributed by atoms with Crippen LogP contribution in [0.2, 0.25) is 5.02 Å². The summed E-state index contributed by atoms with van der Waals surface area (Å²) in [6, 6.07) is 15.0. The smallest absolute Gasteiger partial charge is 0.234 e. The van der Waals surface area contributed by atoms with Crippen LogP contribution in [0, 0.1) is 3.57 Å². The fraction of sp³-hybridized carbons (Fsp3) is 0.250. The molecule has 0 fully saturated rings. The van der Waals surface area contributed by atoms with Gasteiger partial charge in [-0.25, -0.2) is 0 Å². The van der Waals surface area contributed by atoms with E-state index in [0.29, 0.717) is 28.3 Å². The van der Waals surface area contributed by atoms with Crippen molar-refractivity contribution >= 4 is 57.5 Å². The Bertz CT molecular complexity index is 981. The summed E-state index contributed by atoms with van der Waals surface area (Å²) < 4.78 is 9.02. The molecule has 6 nitrogen and oxygen atoms in total. The number of halogens is 2. The molecule has 0 aliphatic carbocycles. The molecule has 0 saturated heterocycles. The van der Waals surface area contributed by atoms with E-state index >= 15 is 0 Å². The number of para-hydroxylation sites is 1. The van der Waals surface area contributed by atoms with Gasteiger partial charge in [0.15, 0.2) is 17.1 Å². The Morgan fingerprint density at radius 3 is 2.66 bits per heavy atom. The molecule has 0 unspecified atom stereocenters. The van der Waals surface area contributed by atoms with Crippen LogP contribution in [0.5, 0.6) is 5.75 Å². The predicted octanol–water partition coefficient (Wildman–Crippen LogP) is 5.43. The number of aromatic nitrogens is 3. The quantitative estimate of drug-likeness (QED) is 0.304. The fourth-order valence-corrected chi connectivity index (χ4v) is 4.00. The first-order valence-corrected chi connectivity index (χ1v) is 11.4. The van der Waals surface area contributed by atoms with Gasteiger partial charge in [0, 0.05) is 15.8 Å². The van der Waals surface area contributed by atoms with Crippen LogP contribution in [0.15, 0.2) is 53.7 Å². The fourth-order valence-electron chi connectivity index (χ4n) is 2.65. The van der Waals surface area contributed by atoms with Crippen molar-refractivity contribution in [2.75, 3.05) is 11.1 Å². The first-order valence-electron chi connectivity index (χ1n) is 9.00. The molecule has 0 spiro atoms. The number of carbonyl (C=O) groups excluding carboxylic acids is 1. The number of hydrogen-bond acceptors (Lipinski definition) is 5. The number of ether oxygens (including phenoxy) is 1. The Balaban J connectivity index is 1.63. The molecule has 3 rings (SSSR count). The summed E-state index contributed by atoms with van der Waals surface area (Å²) in [5, 5.41) is 12.6. The van der Waals surface area contributed by atoms with Crippen molar-refractivity contribution in [1.82, 2.24) is 14.8 Å². The highest BCUT2D eigenvalue weighted by atomic mass is 127. The highest BCUT2D eigenvalue weighted by Crippen LogP contribution is 2.29. The molecule has 2 aromatic carbocycles. The van der Waals surface area contributed by atoms with Gasteiger partial charge in [0.25, 0.3) is 0 Å².